The maximum absolute atomic E-state index is 10.9. The van der Waals surface area contributed by atoms with Gasteiger partial charge in [-0.05, 0) is 24.8 Å². The zero-order valence-corrected chi connectivity index (χ0v) is 8.78. The average molecular weight is 197 g/mol. The topological polar surface area (TPSA) is 40.5 Å². The van der Waals surface area contributed by atoms with Crippen molar-refractivity contribution in [3.05, 3.63) is 0 Å². The molecule has 0 aromatic carbocycles. The molecule has 0 bridgehead atoms. The summed E-state index contributed by atoms with van der Waals surface area (Å²) in [5, 5.41) is 8.96. The highest BCUT2D eigenvalue weighted by Gasteiger charge is 2.35. The Morgan fingerprint density at radius 3 is 2.64 bits per heavy atom. The van der Waals surface area contributed by atoms with E-state index in [0.29, 0.717) is 5.92 Å². The summed E-state index contributed by atoms with van der Waals surface area (Å²) in [4.78, 5) is 13.2. The number of rotatable bonds is 4. The van der Waals surface area contributed by atoms with Gasteiger partial charge in [-0.1, -0.05) is 19.8 Å². The van der Waals surface area contributed by atoms with Crippen molar-refractivity contribution in [2.24, 2.45) is 17.8 Å². The predicted molar refractivity (Wildman–Crippen MR) is 54.1 cm³/mol. The summed E-state index contributed by atoms with van der Waals surface area (Å²) in [7, 11) is 0. The Morgan fingerprint density at radius 2 is 2.14 bits per heavy atom. The molecule has 2 atom stereocenters. The van der Waals surface area contributed by atoms with E-state index >= 15 is 0 Å². The molecule has 2 rings (SSSR count). The number of hydrogen-bond acceptors (Lipinski definition) is 2. The number of aliphatic carboxylic acids is 1. The van der Waals surface area contributed by atoms with E-state index in [1.165, 1.54) is 19.3 Å². The molecule has 1 heterocycles. The van der Waals surface area contributed by atoms with Gasteiger partial charge in [0.25, 0.3) is 0 Å². The van der Waals surface area contributed by atoms with Gasteiger partial charge in [-0.25, -0.2) is 0 Å². The predicted octanol–water partition coefficient (Wildman–Crippen LogP) is 1.44. The average Bonchev–Trinajstić information content (AvgIpc) is 2.86. The fourth-order valence-electron chi connectivity index (χ4n) is 2.34. The second-order valence-electron chi connectivity index (χ2n) is 4.91. The molecule has 1 saturated carbocycles. The molecule has 1 N–H and O–H groups in total. The Bertz CT molecular complexity index is 225. The van der Waals surface area contributed by atoms with Crippen LogP contribution in [0.4, 0.5) is 0 Å². The smallest absolute Gasteiger partial charge is 0.308 e. The number of likely N-dealkylation sites (tertiary alicyclic amines) is 1. The van der Waals surface area contributed by atoms with E-state index in [-0.39, 0.29) is 5.92 Å². The first-order chi connectivity index (χ1) is 6.66. The molecule has 3 nitrogen and oxygen atoms in total. The summed E-state index contributed by atoms with van der Waals surface area (Å²) in [6, 6.07) is 0. The van der Waals surface area contributed by atoms with Crippen molar-refractivity contribution in [2.75, 3.05) is 19.6 Å². The second-order valence-corrected chi connectivity index (χ2v) is 4.91. The minimum atomic E-state index is -0.619. The lowest BCUT2D eigenvalue weighted by Crippen LogP contribution is -2.24. The lowest BCUT2D eigenvalue weighted by molar-refractivity contribution is -0.142. The van der Waals surface area contributed by atoms with Gasteiger partial charge in [-0.3, -0.25) is 4.79 Å². The van der Waals surface area contributed by atoms with E-state index in [0.717, 1.165) is 25.6 Å². The lowest BCUT2D eigenvalue weighted by atomic mass is 9.99. The third kappa shape index (κ3) is 2.27. The van der Waals surface area contributed by atoms with Crippen LogP contribution in [0.25, 0.3) is 0 Å². The van der Waals surface area contributed by atoms with Crippen LogP contribution in [0.2, 0.25) is 0 Å². The van der Waals surface area contributed by atoms with Gasteiger partial charge in [0.15, 0.2) is 0 Å². The van der Waals surface area contributed by atoms with Gasteiger partial charge in [0.1, 0.15) is 0 Å². The molecule has 0 radical (unpaired) electrons. The Hall–Kier alpha value is -0.570. The normalized spacial score (nSPS) is 33.5. The van der Waals surface area contributed by atoms with Crippen molar-refractivity contribution in [1.82, 2.24) is 4.90 Å². The molecule has 2 fully saturated rings. The highest BCUT2D eigenvalue weighted by atomic mass is 16.4. The summed E-state index contributed by atoms with van der Waals surface area (Å²) in [5.74, 6) is 0.529. The van der Waals surface area contributed by atoms with Gasteiger partial charge in [0.2, 0.25) is 0 Å². The van der Waals surface area contributed by atoms with Gasteiger partial charge >= 0.3 is 5.97 Å². The maximum atomic E-state index is 10.9. The first kappa shape index (κ1) is 9.97. The number of hydrogen-bond donors (Lipinski definition) is 1. The van der Waals surface area contributed by atoms with Gasteiger partial charge in [-0.15, -0.1) is 0 Å². The van der Waals surface area contributed by atoms with E-state index < -0.39 is 5.97 Å². The van der Waals surface area contributed by atoms with Crippen molar-refractivity contribution in [3.63, 3.8) is 0 Å². The molecule has 2 aliphatic rings. The summed E-state index contributed by atoms with van der Waals surface area (Å²) in [5.41, 5.74) is 0. The Balaban J connectivity index is 1.76. The van der Waals surface area contributed by atoms with Crippen LogP contribution in [0.5, 0.6) is 0 Å². The van der Waals surface area contributed by atoms with E-state index in [9.17, 15) is 4.79 Å². The molecule has 0 aromatic rings. The monoisotopic (exact) mass is 197 g/mol. The molecule has 0 amide bonds. The van der Waals surface area contributed by atoms with E-state index in [2.05, 4.69) is 11.8 Å². The van der Waals surface area contributed by atoms with Crippen LogP contribution in [-0.2, 0) is 4.79 Å². The van der Waals surface area contributed by atoms with Crippen molar-refractivity contribution in [2.45, 2.75) is 26.2 Å². The molecule has 0 spiro atoms. The number of carbonyl (C=O) groups is 1. The molecule has 3 heteroatoms. The van der Waals surface area contributed by atoms with Gasteiger partial charge < -0.3 is 10.0 Å². The number of carboxylic acids is 1. The Labute approximate surface area is 85.1 Å². The highest BCUT2D eigenvalue weighted by molar-refractivity contribution is 5.71. The third-order valence-corrected chi connectivity index (χ3v) is 3.56. The zero-order valence-electron chi connectivity index (χ0n) is 8.78. The first-order valence-electron chi connectivity index (χ1n) is 5.62. The van der Waals surface area contributed by atoms with Crippen LogP contribution < -0.4 is 0 Å². The van der Waals surface area contributed by atoms with E-state index in [4.69, 9.17) is 5.11 Å². The quantitative estimate of drug-likeness (QED) is 0.741. The molecular formula is C11H19NO2. The van der Waals surface area contributed by atoms with Crippen LogP contribution >= 0.6 is 0 Å². The molecule has 1 saturated heterocycles. The third-order valence-electron chi connectivity index (χ3n) is 3.56. The minimum Gasteiger partial charge on any atom is -0.481 e. The zero-order chi connectivity index (χ0) is 10.1. The molecule has 1 aliphatic carbocycles. The molecule has 14 heavy (non-hydrogen) atoms. The fraction of sp³-hybridized carbons (Fsp3) is 0.909. The Kier molecular flexibility index (Phi) is 2.77. The van der Waals surface area contributed by atoms with Crippen LogP contribution in [-0.4, -0.2) is 35.6 Å². The van der Waals surface area contributed by atoms with Gasteiger partial charge in [0.05, 0.1) is 5.92 Å². The van der Waals surface area contributed by atoms with Gasteiger partial charge in [-0.2, -0.15) is 0 Å². The Morgan fingerprint density at radius 1 is 1.43 bits per heavy atom. The highest BCUT2D eigenvalue weighted by Crippen LogP contribution is 2.33. The standard InChI is InChI=1S/C11H19NO2/c1-8-6-12(5-4-9-2-3-9)7-10(8)11(13)14/h8-10H,2-7H2,1H3,(H,13,14)/t8-,10-/m1/s1. The van der Waals surface area contributed by atoms with Crippen LogP contribution in [0, 0.1) is 17.8 Å². The summed E-state index contributed by atoms with van der Waals surface area (Å²) in [6.07, 6.45) is 4.07. The molecule has 0 aromatic heterocycles. The minimum absolute atomic E-state index is 0.130. The largest absolute Gasteiger partial charge is 0.481 e. The summed E-state index contributed by atoms with van der Waals surface area (Å²) in [6.45, 7) is 4.90. The molecule has 80 valence electrons. The van der Waals surface area contributed by atoms with Gasteiger partial charge in [0, 0.05) is 13.1 Å². The van der Waals surface area contributed by atoms with Crippen molar-refractivity contribution in [1.29, 1.82) is 0 Å². The summed E-state index contributed by atoms with van der Waals surface area (Å²) >= 11 is 0. The van der Waals surface area contributed by atoms with Crippen LogP contribution in [0.1, 0.15) is 26.2 Å². The number of carboxylic acid groups (broad SMARTS) is 1. The van der Waals surface area contributed by atoms with Crippen LogP contribution in [0.15, 0.2) is 0 Å². The molecule has 1 aliphatic heterocycles. The van der Waals surface area contributed by atoms with Crippen molar-refractivity contribution < 1.29 is 9.90 Å². The number of nitrogens with zero attached hydrogens (tertiary/aromatic N) is 1. The first-order valence-corrected chi connectivity index (χ1v) is 5.62. The van der Waals surface area contributed by atoms with Crippen molar-refractivity contribution >= 4 is 5.97 Å². The second kappa shape index (κ2) is 3.89. The van der Waals surface area contributed by atoms with E-state index in [1.54, 1.807) is 0 Å². The molecular weight excluding hydrogens is 178 g/mol. The van der Waals surface area contributed by atoms with Crippen molar-refractivity contribution in [3.8, 4) is 0 Å². The SMILES string of the molecule is C[C@@H]1CN(CCC2CC2)C[C@H]1C(=O)O. The fourth-order valence-corrected chi connectivity index (χ4v) is 2.34. The maximum Gasteiger partial charge on any atom is 0.308 e. The lowest BCUT2D eigenvalue weighted by Gasteiger charge is -2.14. The van der Waals surface area contributed by atoms with E-state index in [1.807, 2.05) is 0 Å². The summed E-state index contributed by atoms with van der Waals surface area (Å²) < 4.78 is 0. The molecule has 0 unspecified atom stereocenters. The van der Waals surface area contributed by atoms with Crippen LogP contribution in [0.3, 0.4) is 0 Å².